The van der Waals surface area contributed by atoms with Crippen molar-refractivity contribution >= 4 is 16.3 Å². The van der Waals surface area contributed by atoms with E-state index in [9.17, 15) is 0 Å². The molecule has 0 fully saturated rings. The minimum Gasteiger partial charge on any atom is -0.493 e. The predicted molar refractivity (Wildman–Crippen MR) is 94.2 cm³/mol. The molecule has 3 heterocycles. The van der Waals surface area contributed by atoms with E-state index in [2.05, 4.69) is 20.3 Å². The van der Waals surface area contributed by atoms with E-state index in [-0.39, 0.29) is 0 Å². The third-order valence-corrected chi connectivity index (χ3v) is 4.63. The quantitative estimate of drug-likeness (QED) is 0.549. The Morgan fingerprint density at radius 1 is 1.04 bits per heavy atom. The maximum atomic E-state index is 5.36. The summed E-state index contributed by atoms with van der Waals surface area (Å²) >= 11 is 1.51. The maximum Gasteiger partial charge on any atom is 0.235 e. The van der Waals surface area contributed by atoms with Crippen LogP contribution in [0.4, 0.5) is 0 Å². The zero-order chi connectivity index (χ0) is 17.2. The lowest BCUT2D eigenvalue weighted by molar-refractivity contribution is 0.354. The molecule has 0 saturated carbocycles. The number of methoxy groups -OCH3 is 2. The van der Waals surface area contributed by atoms with Crippen molar-refractivity contribution in [2.45, 2.75) is 6.42 Å². The normalized spacial score (nSPS) is 11.0. The number of hydrogen-bond acceptors (Lipinski definition) is 7. The highest BCUT2D eigenvalue weighted by Gasteiger charge is 2.15. The van der Waals surface area contributed by atoms with Gasteiger partial charge in [-0.25, -0.2) is 0 Å². The Bertz CT molecular complexity index is 1010. The first-order valence-electron chi connectivity index (χ1n) is 7.62. The Kier molecular flexibility index (Phi) is 4.02. The SMILES string of the molecule is COc1ccc(Cc2nn3c(-c4ccccn4)nnc3s2)cc1OC. The molecule has 4 rings (SSSR count). The molecule has 3 aromatic heterocycles. The van der Waals surface area contributed by atoms with Crippen LogP contribution in [-0.4, -0.2) is 39.0 Å². The van der Waals surface area contributed by atoms with Gasteiger partial charge < -0.3 is 9.47 Å². The number of rotatable bonds is 5. The van der Waals surface area contributed by atoms with Crippen LogP contribution >= 0.6 is 11.3 Å². The first-order valence-corrected chi connectivity index (χ1v) is 8.43. The molecule has 126 valence electrons. The summed E-state index contributed by atoms with van der Waals surface area (Å²) in [5.74, 6) is 2.06. The number of ether oxygens (including phenoxy) is 2. The van der Waals surface area contributed by atoms with Crippen molar-refractivity contribution in [2.75, 3.05) is 14.2 Å². The van der Waals surface area contributed by atoms with Crippen molar-refractivity contribution in [1.29, 1.82) is 0 Å². The summed E-state index contributed by atoms with van der Waals surface area (Å²) in [5, 5.41) is 14.0. The lowest BCUT2D eigenvalue weighted by atomic mass is 10.1. The first-order chi connectivity index (χ1) is 12.3. The van der Waals surface area contributed by atoms with Crippen molar-refractivity contribution in [1.82, 2.24) is 24.8 Å². The van der Waals surface area contributed by atoms with Crippen LogP contribution in [0.25, 0.3) is 16.5 Å². The van der Waals surface area contributed by atoms with Gasteiger partial charge in [0.2, 0.25) is 10.8 Å². The van der Waals surface area contributed by atoms with Gasteiger partial charge in [0.1, 0.15) is 10.7 Å². The molecular weight excluding hydrogens is 338 g/mol. The summed E-state index contributed by atoms with van der Waals surface area (Å²) in [6.45, 7) is 0. The number of aromatic nitrogens is 5. The second kappa shape index (κ2) is 6.48. The lowest BCUT2D eigenvalue weighted by Crippen LogP contribution is -1.96. The third-order valence-electron chi connectivity index (χ3n) is 3.73. The van der Waals surface area contributed by atoms with Crippen LogP contribution in [0.1, 0.15) is 10.6 Å². The van der Waals surface area contributed by atoms with Gasteiger partial charge in [-0.1, -0.05) is 23.5 Å². The monoisotopic (exact) mass is 353 g/mol. The maximum absolute atomic E-state index is 5.36. The largest absolute Gasteiger partial charge is 0.493 e. The Balaban J connectivity index is 1.66. The molecule has 25 heavy (non-hydrogen) atoms. The van der Waals surface area contributed by atoms with Crippen LogP contribution < -0.4 is 9.47 Å². The summed E-state index contributed by atoms with van der Waals surface area (Å²) < 4.78 is 12.4. The molecule has 0 aliphatic heterocycles. The van der Waals surface area contributed by atoms with E-state index in [1.807, 2.05) is 36.4 Å². The van der Waals surface area contributed by atoms with Crippen LogP contribution in [0, 0.1) is 0 Å². The van der Waals surface area contributed by atoms with E-state index in [0.29, 0.717) is 23.7 Å². The zero-order valence-electron chi connectivity index (χ0n) is 13.7. The van der Waals surface area contributed by atoms with Gasteiger partial charge in [-0.05, 0) is 29.8 Å². The minimum atomic E-state index is 0.644. The molecule has 8 heteroatoms. The molecule has 0 aliphatic carbocycles. The first kappa shape index (κ1) is 15.5. The molecule has 1 aromatic carbocycles. The number of fused-ring (bicyclic) bond motifs is 1. The fourth-order valence-corrected chi connectivity index (χ4v) is 3.42. The van der Waals surface area contributed by atoms with Gasteiger partial charge in [0.05, 0.1) is 14.2 Å². The van der Waals surface area contributed by atoms with Gasteiger partial charge >= 0.3 is 0 Å². The summed E-state index contributed by atoms with van der Waals surface area (Å²) in [6, 6.07) is 11.5. The fourth-order valence-electron chi connectivity index (χ4n) is 2.55. The van der Waals surface area contributed by atoms with Gasteiger partial charge in [0.15, 0.2) is 11.5 Å². The average molecular weight is 353 g/mol. The second-order valence-electron chi connectivity index (χ2n) is 5.29. The van der Waals surface area contributed by atoms with Crippen molar-refractivity contribution in [2.24, 2.45) is 0 Å². The van der Waals surface area contributed by atoms with Gasteiger partial charge in [-0.2, -0.15) is 9.61 Å². The molecule has 7 nitrogen and oxygen atoms in total. The van der Waals surface area contributed by atoms with Crippen LogP contribution in [0.5, 0.6) is 11.5 Å². The summed E-state index contributed by atoms with van der Waals surface area (Å²) in [6.07, 6.45) is 2.41. The second-order valence-corrected chi connectivity index (χ2v) is 6.34. The number of nitrogens with zero attached hydrogens (tertiary/aromatic N) is 5. The standard InChI is InChI=1S/C17H15N5O2S/c1-23-13-7-6-11(9-14(13)24-2)10-15-21-22-16(19-20-17(22)25-15)12-5-3-4-8-18-12/h3-9H,10H2,1-2H3. The van der Waals surface area contributed by atoms with Gasteiger partial charge in [-0.15, -0.1) is 10.2 Å². The Hall–Kier alpha value is -3.00. The lowest BCUT2D eigenvalue weighted by Gasteiger charge is -2.08. The van der Waals surface area contributed by atoms with Crippen LogP contribution in [0.2, 0.25) is 0 Å². The van der Waals surface area contributed by atoms with E-state index in [0.717, 1.165) is 21.2 Å². The molecule has 0 N–H and O–H groups in total. The topological polar surface area (TPSA) is 74.4 Å². The molecule has 0 atom stereocenters. The zero-order valence-corrected chi connectivity index (χ0v) is 14.5. The average Bonchev–Trinajstić information content (AvgIpc) is 3.22. The highest BCUT2D eigenvalue weighted by molar-refractivity contribution is 7.16. The van der Waals surface area contributed by atoms with Crippen molar-refractivity contribution < 1.29 is 9.47 Å². The van der Waals surface area contributed by atoms with E-state index in [1.165, 1.54) is 11.3 Å². The van der Waals surface area contributed by atoms with Crippen LogP contribution in [-0.2, 0) is 6.42 Å². The van der Waals surface area contributed by atoms with E-state index in [4.69, 9.17) is 9.47 Å². The molecule has 0 radical (unpaired) electrons. The highest BCUT2D eigenvalue weighted by atomic mass is 32.1. The molecule has 0 unspecified atom stereocenters. The third kappa shape index (κ3) is 2.91. The number of hydrogen-bond donors (Lipinski definition) is 0. The highest BCUT2D eigenvalue weighted by Crippen LogP contribution is 2.29. The van der Waals surface area contributed by atoms with E-state index < -0.39 is 0 Å². The molecule has 0 amide bonds. The van der Waals surface area contributed by atoms with Gasteiger partial charge in [-0.3, -0.25) is 4.98 Å². The Morgan fingerprint density at radius 3 is 2.68 bits per heavy atom. The van der Waals surface area contributed by atoms with E-state index in [1.54, 1.807) is 24.9 Å². The minimum absolute atomic E-state index is 0.644. The molecule has 0 bridgehead atoms. The molecular formula is C17H15N5O2S. The van der Waals surface area contributed by atoms with Gasteiger partial charge in [0.25, 0.3) is 0 Å². The molecule has 4 aromatic rings. The molecule has 0 saturated heterocycles. The molecule has 0 aliphatic rings. The van der Waals surface area contributed by atoms with Crippen LogP contribution in [0.15, 0.2) is 42.6 Å². The molecule has 0 spiro atoms. The Morgan fingerprint density at radius 2 is 1.92 bits per heavy atom. The summed E-state index contributed by atoms with van der Waals surface area (Å²) in [4.78, 5) is 5.06. The van der Waals surface area contributed by atoms with Crippen molar-refractivity contribution in [3.05, 3.63) is 53.2 Å². The smallest absolute Gasteiger partial charge is 0.235 e. The van der Waals surface area contributed by atoms with Crippen LogP contribution in [0.3, 0.4) is 0 Å². The Labute approximate surface area is 147 Å². The summed E-state index contributed by atoms with van der Waals surface area (Å²) in [5.41, 5.74) is 1.83. The fraction of sp³-hybridized carbons (Fsp3) is 0.176. The number of benzene rings is 1. The van der Waals surface area contributed by atoms with Crippen molar-refractivity contribution in [3.63, 3.8) is 0 Å². The van der Waals surface area contributed by atoms with E-state index >= 15 is 0 Å². The predicted octanol–water partition coefficient (Wildman–Crippen LogP) is 2.86. The van der Waals surface area contributed by atoms with Crippen molar-refractivity contribution in [3.8, 4) is 23.0 Å². The van der Waals surface area contributed by atoms with Gasteiger partial charge in [0, 0.05) is 12.6 Å². The summed E-state index contributed by atoms with van der Waals surface area (Å²) in [7, 11) is 3.25. The number of pyridine rings is 1.